The van der Waals surface area contributed by atoms with Crippen molar-refractivity contribution in [1.29, 1.82) is 0 Å². The number of thioether (sulfide) groups is 1. The lowest BCUT2D eigenvalue weighted by Gasteiger charge is -2.46. The van der Waals surface area contributed by atoms with E-state index in [4.69, 9.17) is 5.73 Å². The summed E-state index contributed by atoms with van der Waals surface area (Å²) in [5, 5.41) is 4.81. The number of nitrogens with one attached hydrogen (secondary N) is 1. The number of rotatable bonds is 2. The largest absolute Gasteiger partial charge is 0.335 e. The highest BCUT2D eigenvalue weighted by atomic mass is 32.2. The number of nitrogens with zero attached hydrogens (tertiary/aromatic N) is 3. The topological polar surface area (TPSA) is 65.5 Å². The third-order valence-corrected chi connectivity index (χ3v) is 9.53. The lowest BCUT2D eigenvalue weighted by molar-refractivity contribution is -0.673. The van der Waals surface area contributed by atoms with Crippen LogP contribution >= 0.6 is 23.1 Å². The van der Waals surface area contributed by atoms with Gasteiger partial charge in [-0.1, -0.05) is 47.4 Å². The molecule has 0 aliphatic carbocycles. The molecular formula is C25H24N5OS2+. The predicted octanol–water partition coefficient (Wildman–Crippen LogP) is 3.25. The summed E-state index contributed by atoms with van der Waals surface area (Å²) in [7, 11) is 0. The minimum Gasteiger partial charge on any atom is -0.335 e. The second kappa shape index (κ2) is 7.43. The molecule has 166 valence electrons. The molecule has 0 saturated carbocycles. The zero-order valence-corrected chi connectivity index (χ0v) is 19.7. The van der Waals surface area contributed by atoms with Gasteiger partial charge in [0, 0.05) is 29.5 Å². The molecule has 6 nitrogen and oxygen atoms in total. The molecule has 1 amide bonds. The van der Waals surface area contributed by atoms with Gasteiger partial charge in [0.05, 0.1) is 34.9 Å². The first-order valence-electron chi connectivity index (χ1n) is 11.4. The van der Waals surface area contributed by atoms with E-state index in [0.717, 1.165) is 25.9 Å². The Kier molecular flexibility index (Phi) is 4.45. The van der Waals surface area contributed by atoms with Gasteiger partial charge >= 0.3 is 0 Å². The number of hydrazine groups is 1. The van der Waals surface area contributed by atoms with Gasteiger partial charge in [-0.25, -0.2) is 5.01 Å². The Labute approximate surface area is 200 Å². The van der Waals surface area contributed by atoms with Gasteiger partial charge in [-0.2, -0.15) is 4.57 Å². The number of thiazole rings is 1. The quantitative estimate of drug-likeness (QED) is 0.559. The van der Waals surface area contributed by atoms with Gasteiger partial charge in [0.1, 0.15) is 4.70 Å². The first-order valence-corrected chi connectivity index (χ1v) is 13.1. The first-order chi connectivity index (χ1) is 16.2. The third-order valence-electron chi connectivity index (χ3n) is 7.10. The van der Waals surface area contributed by atoms with E-state index in [-0.39, 0.29) is 24.5 Å². The number of para-hydroxylation sites is 2. The van der Waals surface area contributed by atoms with E-state index in [0.29, 0.717) is 0 Å². The number of benzene rings is 2. The molecule has 0 spiro atoms. The number of hydrogen-bond acceptors (Lipinski definition) is 6. The molecule has 7 rings (SSSR count). The summed E-state index contributed by atoms with van der Waals surface area (Å²) in [6.07, 6.45) is 4.36. The number of anilines is 1. The van der Waals surface area contributed by atoms with Gasteiger partial charge < -0.3 is 10.6 Å². The highest BCUT2D eigenvalue weighted by Gasteiger charge is 2.47. The molecule has 0 fully saturated rings. The minimum atomic E-state index is -0.125. The Morgan fingerprint density at radius 1 is 1.12 bits per heavy atom. The standard InChI is InChI=1S/C25H23N5OS2/c26-14-23(31)27-30-17-9-11-28-19-5-1-3-7-21(19)32-24(28)15(17)13-16-18(30)10-12-29-20-6-2-4-8-22(20)33-25(16)29/h1-8,13,17-18H,9-12,14,26H2/p+1. The van der Waals surface area contributed by atoms with Crippen LogP contribution in [-0.4, -0.2) is 36.1 Å². The Bertz CT molecular complexity index is 1380. The molecule has 2 atom stereocenters. The molecule has 0 radical (unpaired) electrons. The van der Waals surface area contributed by atoms with Crippen LogP contribution < -0.4 is 20.6 Å². The predicted molar refractivity (Wildman–Crippen MR) is 133 cm³/mol. The highest BCUT2D eigenvalue weighted by molar-refractivity contribution is 8.03. The average Bonchev–Trinajstić information content (AvgIpc) is 3.42. The number of hydrogen-bond donors (Lipinski definition) is 2. The van der Waals surface area contributed by atoms with E-state index in [9.17, 15) is 4.79 Å². The molecule has 8 heteroatoms. The number of carbonyl (C=O) groups excluding carboxylic acids is 1. The van der Waals surface area contributed by atoms with E-state index in [2.05, 4.69) is 74.5 Å². The van der Waals surface area contributed by atoms with Crippen molar-refractivity contribution in [3.63, 3.8) is 0 Å². The zero-order chi connectivity index (χ0) is 22.1. The summed E-state index contributed by atoms with van der Waals surface area (Å²) in [5.41, 5.74) is 14.1. The van der Waals surface area contributed by atoms with Gasteiger partial charge in [-0.3, -0.25) is 10.2 Å². The molecule has 3 aromatic rings. The summed E-state index contributed by atoms with van der Waals surface area (Å²) >= 11 is 3.70. The molecule has 4 aliphatic rings. The van der Waals surface area contributed by atoms with Crippen molar-refractivity contribution < 1.29 is 9.36 Å². The van der Waals surface area contributed by atoms with Gasteiger partial charge in [0.15, 0.2) is 6.54 Å². The van der Waals surface area contributed by atoms with Crippen LogP contribution in [0.3, 0.4) is 0 Å². The average molecular weight is 475 g/mol. The second-order valence-electron chi connectivity index (χ2n) is 8.86. The minimum absolute atomic E-state index is 0.00387. The maximum atomic E-state index is 12.5. The molecule has 4 aliphatic heterocycles. The van der Waals surface area contributed by atoms with Gasteiger partial charge in [-0.15, -0.1) is 0 Å². The molecule has 0 bridgehead atoms. The molecule has 0 saturated heterocycles. The number of aromatic nitrogens is 1. The van der Waals surface area contributed by atoms with E-state index in [1.165, 1.54) is 42.0 Å². The van der Waals surface area contributed by atoms with Crippen LogP contribution in [0.1, 0.15) is 17.8 Å². The van der Waals surface area contributed by atoms with Crippen LogP contribution in [0.5, 0.6) is 0 Å². The third kappa shape index (κ3) is 2.88. The zero-order valence-electron chi connectivity index (χ0n) is 18.0. The summed E-state index contributed by atoms with van der Waals surface area (Å²) < 4.78 is 3.76. The Morgan fingerprint density at radius 3 is 2.88 bits per heavy atom. The van der Waals surface area contributed by atoms with Crippen molar-refractivity contribution in [3.8, 4) is 0 Å². The lowest BCUT2D eigenvalue weighted by Crippen LogP contribution is -2.62. The number of nitrogens with two attached hydrogens (primary N) is 1. The molecule has 3 N–H and O–H groups in total. The fourth-order valence-electron chi connectivity index (χ4n) is 5.67. The van der Waals surface area contributed by atoms with Crippen LogP contribution in [0.15, 0.2) is 70.1 Å². The van der Waals surface area contributed by atoms with Crippen molar-refractivity contribution >= 4 is 50.5 Å². The number of aryl methyl sites for hydroxylation is 1. The number of amides is 1. The fourth-order valence-corrected chi connectivity index (χ4v) is 8.17. The van der Waals surface area contributed by atoms with E-state index in [1.807, 2.05) is 23.1 Å². The first kappa shape index (κ1) is 19.8. The molecule has 2 aromatic carbocycles. The van der Waals surface area contributed by atoms with Crippen molar-refractivity contribution in [2.24, 2.45) is 5.73 Å². The molecule has 1 aromatic heterocycles. The van der Waals surface area contributed by atoms with Crippen molar-refractivity contribution in [3.05, 3.63) is 70.2 Å². The highest BCUT2D eigenvalue weighted by Crippen LogP contribution is 2.52. The monoisotopic (exact) mass is 474 g/mol. The van der Waals surface area contributed by atoms with E-state index >= 15 is 0 Å². The molecular weight excluding hydrogens is 450 g/mol. The summed E-state index contributed by atoms with van der Waals surface area (Å²) in [6, 6.07) is 17.6. The molecule has 33 heavy (non-hydrogen) atoms. The summed E-state index contributed by atoms with van der Waals surface area (Å²) in [5.74, 6) is -0.125. The Morgan fingerprint density at radius 2 is 1.97 bits per heavy atom. The Balaban J connectivity index is 1.43. The molecule has 5 heterocycles. The summed E-state index contributed by atoms with van der Waals surface area (Å²) in [6.45, 7) is 1.89. The molecule has 2 unspecified atom stereocenters. The number of fused-ring (bicyclic) bond motifs is 9. The second-order valence-corrected chi connectivity index (χ2v) is 10.9. The van der Waals surface area contributed by atoms with Gasteiger partial charge in [0.25, 0.3) is 5.01 Å². The van der Waals surface area contributed by atoms with Crippen LogP contribution in [0.2, 0.25) is 0 Å². The fraction of sp³-hybridized carbons (Fsp3) is 0.280. The van der Waals surface area contributed by atoms with Crippen LogP contribution in [0.4, 0.5) is 5.69 Å². The Hall–Kier alpha value is -2.65. The van der Waals surface area contributed by atoms with Gasteiger partial charge in [0.2, 0.25) is 11.4 Å². The van der Waals surface area contributed by atoms with E-state index < -0.39 is 0 Å². The SMILES string of the molecule is NCC(=O)NN1C2CC[n+]3c(sc4ccccc43)C2=CC2=C3Sc4ccccc4N3CCC21. The van der Waals surface area contributed by atoms with E-state index in [1.54, 1.807) is 0 Å². The normalized spacial score (nSPS) is 23.4. The maximum Gasteiger partial charge on any atom is 0.267 e. The van der Waals surface area contributed by atoms with Crippen LogP contribution in [0.25, 0.3) is 15.8 Å². The summed E-state index contributed by atoms with van der Waals surface area (Å²) in [4.78, 5) is 16.2. The van der Waals surface area contributed by atoms with Crippen molar-refractivity contribution in [2.75, 3.05) is 18.0 Å². The number of carbonyl (C=O) groups is 1. The smallest absolute Gasteiger partial charge is 0.267 e. The van der Waals surface area contributed by atoms with Gasteiger partial charge in [-0.05, 0) is 30.7 Å². The lowest BCUT2D eigenvalue weighted by atomic mass is 9.86. The van der Waals surface area contributed by atoms with Crippen LogP contribution in [0, 0.1) is 0 Å². The van der Waals surface area contributed by atoms with Crippen molar-refractivity contribution in [1.82, 2.24) is 10.4 Å². The van der Waals surface area contributed by atoms with Crippen LogP contribution in [-0.2, 0) is 11.3 Å². The van der Waals surface area contributed by atoms with Crippen molar-refractivity contribution in [2.45, 2.75) is 36.4 Å². The maximum absolute atomic E-state index is 12.5.